The molecule has 8 nitrogen and oxygen atoms in total. The fourth-order valence-corrected chi connectivity index (χ4v) is 4.54. The van der Waals surface area contributed by atoms with Gasteiger partial charge < -0.3 is 10.1 Å². The first-order chi connectivity index (χ1) is 13.3. The Morgan fingerprint density at radius 1 is 1.21 bits per heavy atom. The highest BCUT2D eigenvalue weighted by molar-refractivity contribution is 14.1. The molecule has 0 radical (unpaired) electrons. The van der Waals surface area contributed by atoms with Crippen molar-refractivity contribution in [1.29, 1.82) is 0 Å². The largest absolute Gasteiger partial charge is 0.465 e. The lowest BCUT2D eigenvalue weighted by atomic mass is 10.0. The summed E-state index contributed by atoms with van der Waals surface area (Å²) in [6.07, 6.45) is 0.367. The predicted molar refractivity (Wildman–Crippen MR) is 111 cm³/mol. The van der Waals surface area contributed by atoms with Crippen LogP contribution in [0.1, 0.15) is 15.9 Å². The van der Waals surface area contributed by atoms with Crippen molar-refractivity contribution >= 4 is 56.0 Å². The maximum Gasteiger partial charge on any atom is 0.338 e. The van der Waals surface area contributed by atoms with Gasteiger partial charge in [0.05, 0.1) is 18.4 Å². The highest BCUT2D eigenvalue weighted by Gasteiger charge is 2.28. The van der Waals surface area contributed by atoms with Gasteiger partial charge in [0.2, 0.25) is 5.84 Å². The van der Waals surface area contributed by atoms with Gasteiger partial charge in [0.15, 0.2) is 0 Å². The monoisotopic (exact) mass is 513 g/mol. The number of esters is 1. The average Bonchev–Trinajstić information content (AvgIpc) is 2.67. The Balaban J connectivity index is 1.71. The number of carbonyl (C=O) groups is 2. The number of fused-ring (bicyclic) bond motifs is 1. The lowest BCUT2D eigenvalue weighted by Gasteiger charge is -2.17. The normalized spacial score (nSPS) is 14.3. The van der Waals surface area contributed by atoms with Crippen LogP contribution in [0.25, 0.3) is 0 Å². The van der Waals surface area contributed by atoms with Gasteiger partial charge in [-0.25, -0.2) is 18.2 Å². The van der Waals surface area contributed by atoms with Gasteiger partial charge in [-0.1, -0.05) is 18.2 Å². The molecule has 28 heavy (non-hydrogen) atoms. The van der Waals surface area contributed by atoms with Crippen molar-refractivity contribution in [3.8, 4) is 0 Å². The molecule has 0 atom stereocenters. The topological polar surface area (TPSA) is 114 Å². The Labute approximate surface area is 175 Å². The van der Waals surface area contributed by atoms with E-state index in [1.807, 2.05) is 22.6 Å². The van der Waals surface area contributed by atoms with E-state index in [9.17, 15) is 18.0 Å². The Hall–Kier alpha value is -2.47. The summed E-state index contributed by atoms with van der Waals surface area (Å²) in [4.78, 5) is 28.3. The van der Waals surface area contributed by atoms with Gasteiger partial charge in [-0.15, -0.1) is 0 Å². The van der Waals surface area contributed by atoms with Crippen LogP contribution < -0.4 is 10.0 Å². The number of carbonyl (C=O) groups excluding carboxylic acids is 2. The van der Waals surface area contributed by atoms with Crippen LogP contribution in [-0.2, 0) is 26.0 Å². The Kier molecular flexibility index (Phi) is 5.98. The minimum Gasteiger partial charge on any atom is -0.465 e. The third-order valence-electron chi connectivity index (χ3n) is 3.99. The summed E-state index contributed by atoms with van der Waals surface area (Å²) < 4.78 is 32.4. The molecule has 1 aliphatic heterocycles. The van der Waals surface area contributed by atoms with Crippen LogP contribution in [-0.4, -0.2) is 39.8 Å². The van der Waals surface area contributed by atoms with E-state index in [2.05, 4.69) is 15.0 Å². The van der Waals surface area contributed by atoms with Crippen LogP contribution in [0.4, 0.5) is 5.69 Å². The number of amidine groups is 1. The van der Waals surface area contributed by atoms with Crippen LogP contribution in [0, 0.1) is 3.57 Å². The molecule has 0 aliphatic carbocycles. The molecule has 0 unspecified atom stereocenters. The fourth-order valence-electron chi connectivity index (χ4n) is 2.66. The van der Waals surface area contributed by atoms with Gasteiger partial charge >= 0.3 is 5.97 Å². The minimum atomic E-state index is -3.86. The van der Waals surface area contributed by atoms with Crippen molar-refractivity contribution in [2.24, 2.45) is 4.99 Å². The molecule has 1 heterocycles. The van der Waals surface area contributed by atoms with Gasteiger partial charge in [0.1, 0.15) is 4.90 Å². The summed E-state index contributed by atoms with van der Waals surface area (Å²) in [5.41, 5.74) is 1.33. The van der Waals surface area contributed by atoms with Crippen molar-refractivity contribution < 1.29 is 22.7 Å². The number of hydrogen-bond donors (Lipinski definition) is 2. The zero-order valence-electron chi connectivity index (χ0n) is 14.7. The van der Waals surface area contributed by atoms with E-state index in [1.165, 1.54) is 13.2 Å². The number of amides is 1. The second-order valence-electron chi connectivity index (χ2n) is 5.83. The first-order valence-corrected chi connectivity index (χ1v) is 10.7. The molecule has 0 fully saturated rings. The SMILES string of the molecule is COC(=O)c1ccccc1CCNC(=O)C1=Nc2ccc(I)cc2S(=O)(=O)N1. The average molecular weight is 513 g/mol. The first kappa shape index (κ1) is 20.3. The molecule has 146 valence electrons. The molecule has 2 aromatic rings. The standard InChI is InChI=1S/C18H16IN3O5S/c1-27-18(24)13-5-3-2-4-11(13)8-9-20-17(23)16-21-14-7-6-12(19)10-15(14)28(25,26)22-16/h2-7,10H,8-9H2,1H3,(H,20,23)(H,21,22). The molecule has 0 aromatic heterocycles. The Bertz CT molecular complexity index is 1080. The molecule has 3 rings (SSSR count). The summed E-state index contributed by atoms with van der Waals surface area (Å²) in [6, 6.07) is 11.6. The van der Waals surface area contributed by atoms with E-state index < -0.39 is 21.9 Å². The van der Waals surface area contributed by atoms with Crippen molar-refractivity contribution in [3.05, 3.63) is 57.2 Å². The van der Waals surface area contributed by atoms with Crippen LogP contribution in [0.2, 0.25) is 0 Å². The molecule has 2 N–H and O–H groups in total. The number of nitrogens with one attached hydrogen (secondary N) is 2. The van der Waals surface area contributed by atoms with Crippen molar-refractivity contribution in [3.63, 3.8) is 0 Å². The van der Waals surface area contributed by atoms with E-state index in [0.717, 1.165) is 3.57 Å². The van der Waals surface area contributed by atoms with E-state index in [4.69, 9.17) is 4.74 Å². The summed E-state index contributed by atoms with van der Waals surface area (Å²) >= 11 is 2.00. The second kappa shape index (κ2) is 8.27. The number of sulfonamides is 1. The molecular formula is C18H16IN3O5S. The number of ether oxygens (including phenoxy) is 1. The molecule has 10 heteroatoms. The third-order valence-corrected chi connectivity index (χ3v) is 6.03. The highest BCUT2D eigenvalue weighted by Crippen LogP contribution is 2.29. The van der Waals surface area contributed by atoms with Crippen LogP contribution in [0.15, 0.2) is 52.4 Å². The highest BCUT2D eigenvalue weighted by atomic mass is 127. The van der Waals surface area contributed by atoms with Gasteiger partial charge in [-0.3, -0.25) is 9.52 Å². The van der Waals surface area contributed by atoms with E-state index in [-0.39, 0.29) is 23.0 Å². The quantitative estimate of drug-likeness (QED) is 0.468. The number of halogens is 1. The van der Waals surface area contributed by atoms with Gasteiger partial charge in [-0.2, -0.15) is 0 Å². The molecule has 0 saturated heterocycles. The number of nitrogens with zero attached hydrogens (tertiary/aromatic N) is 1. The van der Waals surface area contributed by atoms with Gasteiger partial charge in [0, 0.05) is 10.1 Å². The molecule has 1 aliphatic rings. The summed E-state index contributed by atoms with van der Waals surface area (Å²) in [5.74, 6) is -1.41. The van der Waals surface area contributed by atoms with Crippen LogP contribution in [0.3, 0.4) is 0 Å². The molecule has 0 saturated carbocycles. The van der Waals surface area contributed by atoms with Gasteiger partial charge in [0.25, 0.3) is 15.9 Å². The first-order valence-electron chi connectivity index (χ1n) is 8.17. The van der Waals surface area contributed by atoms with Crippen molar-refractivity contribution in [2.75, 3.05) is 13.7 Å². The molecule has 1 amide bonds. The van der Waals surface area contributed by atoms with Gasteiger partial charge in [-0.05, 0) is 58.8 Å². The minimum absolute atomic E-state index is 0.0305. The van der Waals surface area contributed by atoms with Crippen LogP contribution >= 0.6 is 22.6 Å². The lowest BCUT2D eigenvalue weighted by Crippen LogP contribution is -2.44. The van der Waals surface area contributed by atoms with E-state index >= 15 is 0 Å². The Morgan fingerprint density at radius 2 is 1.96 bits per heavy atom. The Morgan fingerprint density at radius 3 is 2.71 bits per heavy atom. The number of benzene rings is 2. The summed E-state index contributed by atoms with van der Waals surface area (Å²) in [5, 5.41) is 2.61. The smallest absolute Gasteiger partial charge is 0.338 e. The summed E-state index contributed by atoms with van der Waals surface area (Å²) in [7, 11) is -2.57. The zero-order chi connectivity index (χ0) is 20.3. The molecule has 0 bridgehead atoms. The number of rotatable bonds is 5. The van der Waals surface area contributed by atoms with E-state index in [0.29, 0.717) is 17.5 Å². The van der Waals surface area contributed by atoms with E-state index in [1.54, 1.807) is 36.4 Å². The number of aliphatic imine (C=N–C) groups is 1. The second-order valence-corrected chi connectivity index (χ2v) is 8.73. The van der Waals surface area contributed by atoms with Crippen molar-refractivity contribution in [1.82, 2.24) is 10.0 Å². The lowest BCUT2D eigenvalue weighted by molar-refractivity contribution is -0.114. The third kappa shape index (κ3) is 4.33. The molecule has 2 aromatic carbocycles. The maximum atomic E-state index is 12.4. The number of methoxy groups -OCH3 is 1. The fraction of sp³-hybridized carbons (Fsp3) is 0.167. The zero-order valence-corrected chi connectivity index (χ0v) is 17.7. The summed E-state index contributed by atoms with van der Waals surface area (Å²) in [6.45, 7) is 0.188. The maximum absolute atomic E-state index is 12.4. The number of hydrogen-bond acceptors (Lipinski definition) is 6. The van der Waals surface area contributed by atoms with Crippen molar-refractivity contribution in [2.45, 2.75) is 11.3 Å². The molecule has 0 spiro atoms. The predicted octanol–water partition coefficient (Wildman–Crippen LogP) is 1.76. The molecular weight excluding hydrogens is 497 g/mol. The van der Waals surface area contributed by atoms with Crippen LogP contribution in [0.5, 0.6) is 0 Å².